The van der Waals surface area contributed by atoms with Crippen LogP contribution in [0.1, 0.15) is 26.3 Å². The first kappa shape index (κ1) is 16.0. The van der Waals surface area contributed by atoms with Gasteiger partial charge in [-0.1, -0.05) is 31.5 Å². The lowest BCUT2D eigenvalue weighted by Gasteiger charge is -2.22. The predicted molar refractivity (Wildman–Crippen MR) is 81.5 cm³/mol. The minimum atomic E-state index is 0.328. The quantitative estimate of drug-likeness (QED) is 0.758. The lowest BCUT2D eigenvalue weighted by atomic mass is 9.96. The van der Waals surface area contributed by atoms with E-state index in [-0.39, 0.29) is 0 Å². The monoisotopic (exact) mass is 264 g/mol. The minimum Gasteiger partial charge on any atom is -0.492 e. The third kappa shape index (κ3) is 6.08. The van der Waals surface area contributed by atoms with Crippen molar-refractivity contribution in [2.75, 3.05) is 19.7 Å². The number of rotatable bonds is 8. The topological polar surface area (TPSA) is 47.3 Å². The fourth-order valence-electron chi connectivity index (χ4n) is 1.86. The molecular weight excluding hydrogens is 236 g/mol. The van der Waals surface area contributed by atoms with Crippen molar-refractivity contribution in [3.8, 4) is 5.75 Å². The smallest absolute Gasteiger partial charge is 0.119 e. The van der Waals surface area contributed by atoms with Crippen molar-refractivity contribution < 1.29 is 4.74 Å². The first-order chi connectivity index (χ1) is 9.02. The van der Waals surface area contributed by atoms with Crippen LogP contribution in [-0.2, 0) is 0 Å². The van der Waals surface area contributed by atoms with Crippen molar-refractivity contribution in [3.05, 3.63) is 29.8 Å². The summed E-state index contributed by atoms with van der Waals surface area (Å²) >= 11 is 0. The number of nitrogens with one attached hydrogen (secondary N) is 1. The van der Waals surface area contributed by atoms with Crippen molar-refractivity contribution in [3.63, 3.8) is 0 Å². The maximum absolute atomic E-state index is 5.77. The molecule has 0 aromatic heterocycles. The molecule has 108 valence electrons. The number of nitrogens with two attached hydrogens (primary N) is 1. The van der Waals surface area contributed by atoms with Gasteiger partial charge in [-0.2, -0.15) is 0 Å². The molecule has 2 atom stereocenters. The lowest BCUT2D eigenvalue weighted by molar-refractivity contribution is 0.258. The average molecular weight is 264 g/mol. The molecule has 1 rings (SSSR count). The summed E-state index contributed by atoms with van der Waals surface area (Å²) in [6.45, 7) is 11.0. The Bertz CT molecular complexity index is 348. The van der Waals surface area contributed by atoms with Gasteiger partial charge in [0, 0.05) is 6.04 Å². The van der Waals surface area contributed by atoms with Crippen molar-refractivity contribution in [1.29, 1.82) is 0 Å². The summed E-state index contributed by atoms with van der Waals surface area (Å²) in [5.41, 5.74) is 7.02. The van der Waals surface area contributed by atoms with Crippen LogP contribution in [0.5, 0.6) is 5.75 Å². The molecule has 0 saturated heterocycles. The molecule has 0 spiro atoms. The zero-order valence-electron chi connectivity index (χ0n) is 12.6. The fourth-order valence-corrected chi connectivity index (χ4v) is 1.86. The molecule has 19 heavy (non-hydrogen) atoms. The molecule has 0 heterocycles. The van der Waals surface area contributed by atoms with E-state index in [2.05, 4.69) is 45.1 Å². The zero-order valence-corrected chi connectivity index (χ0v) is 12.6. The van der Waals surface area contributed by atoms with E-state index in [1.165, 1.54) is 5.56 Å². The predicted octanol–water partition coefficient (Wildman–Crippen LogP) is 2.58. The van der Waals surface area contributed by atoms with Crippen LogP contribution in [0, 0.1) is 18.8 Å². The summed E-state index contributed by atoms with van der Waals surface area (Å²) in [7, 11) is 0. The molecule has 3 heteroatoms. The number of hydrogen-bond donors (Lipinski definition) is 2. The highest BCUT2D eigenvalue weighted by molar-refractivity contribution is 5.26. The first-order valence-electron chi connectivity index (χ1n) is 7.15. The Morgan fingerprint density at radius 2 is 1.79 bits per heavy atom. The SMILES string of the molecule is Cc1ccc(OCC(C)NCC(CN)C(C)C)cc1. The van der Waals surface area contributed by atoms with Gasteiger partial charge in [-0.25, -0.2) is 0 Å². The van der Waals surface area contributed by atoms with Crippen LogP contribution in [0.2, 0.25) is 0 Å². The van der Waals surface area contributed by atoms with Crippen LogP contribution in [0.3, 0.4) is 0 Å². The van der Waals surface area contributed by atoms with Crippen molar-refractivity contribution >= 4 is 0 Å². The van der Waals surface area contributed by atoms with Crippen LogP contribution >= 0.6 is 0 Å². The molecule has 3 N–H and O–H groups in total. The Hall–Kier alpha value is -1.06. The maximum atomic E-state index is 5.77. The van der Waals surface area contributed by atoms with Gasteiger partial charge in [-0.15, -0.1) is 0 Å². The Balaban J connectivity index is 2.27. The molecule has 0 radical (unpaired) electrons. The molecule has 0 amide bonds. The van der Waals surface area contributed by atoms with E-state index < -0.39 is 0 Å². The molecule has 0 aliphatic rings. The van der Waals surface area contributed by atoms with Gasteiger partial charge < -0.3 is 15.8 Å². The van der Waals surface area contributed by atoms with E-state index >= 15 is 0 Å². The second-order valence-electron chi connectivity index (χ2n) is 5.67. The number of hydrogen-bond acceptors (Lipinski definition) is 3. The standard InChI is InChI=1S/C16H28N2O/c1-12(2)15(9-17)10-18-14(4)11-19-16-7-5-13(3)6-8-16/h5-8,12,14-15,18H,9-11,17H2,1-4H3. The van der Waals surface area contributed by atoms with E-state index in [1.54, 1.807) is 0 Å². The van der Waals surface area contributed by atoms with Crippen LogP contribution in [-0.4, -0.2) is 25.7 Å². The largest absolute Gasteiger partial charge is 0.492 e. The molecule has 0 bridgehead atoms. The van der Waals surface area contributed by atoms with Crippen LogP contribution < -0.4 is 15.8 Å². The molecule has 0 saturated carbocycles. The fraction of sp³-hybridized carbons (Fsp3) is 0.625. The highest BCUT2D eigenvalue weighted by Gasteiger charge is 2.12. The molecule has 1 aromatic carbocycles. The van der Waals surface area contributed by atoms with Gasteiger partial charge in [0.1, 0.15) is 12.4 Å². The second-order valence-corrected chi connectivity index (χ2v) is 5.67. The van der Waals surface area contributed by atoms with Crippen LogP contribution in [0.15, 0.2) is 24.3 Å². The van der Waals surface area contributed by atoms with Crippen molar-refractivity contribution in [2.24, 2.45) is 17.6 Å². The molecule has 0 aliphatic heterocycles. The zero-order chi connectivity index (χ0) is 14.3. The summed E-state index contributed by atoms with van der Waals surface area (Å²) in [6, 6.07) is 8.49. The van der Waals surface area contributed by atoms with Crippen LogP contribution in [0.4, 0.5) is 0 Å². The molecule has 0 fully saturated rings. The van der Waals surface area contributed by atoms with E-state index in [4.69, 9.17) is 10.5 Å². The third-order valence-electron chi connectivity index (χ3n) is 3.50. The maximum Gasteiger partial charge on any atom is 0.119 e. The Kier molecular flexibility index (Phi) is 6.89. The van der Waals surface area contributed by atoms with Gasteiger partial charge in [0.2, 0.25) is 0 Å². The van der Waals surface area contributed by atoms with Crippen LogP contribution in [0.25, 0.3) is 0 Å². The first-order valence-corrected chi connectivity index (χ1v) is 7.15. The molecule has 1 aromatic rings. The van der Waals surface area contributed by atoms with Gasteiger partial charge in [-0.05, 0) is 50.9 Å². The van der Waals surface area contributed by atoms with Crippen molar-refractivity contribution in [2.45, 2.75) is 33.7 Å². The molecule has 3 nitrogen and oxygen atoms in total. The minimum absolute atomic E-state index is 0.328. The van der Waals surface area contributed by atoms with Gasteiger partial charge >= 0.3 is 0 Å². The highest BCUT2D eigenvalue weighted by atomic mass is 16.5. The highest BCUT2D eigenvalue weighted by Crippen LogP contribution is 2.12. The van der Waals surface area contributed by atoms with Gasteiger partial charge in [-0.3, -0.25) is 0 Å². The van der Waals surface area contributed by atoms with E-state index in [0.29, 0.717) is 24.5 Å². The normalized spacial score (nSPS) is 14.4. The summed E-state index contributed by atoms with van der Waals surface area (Å²) in [4.78, 5) is 0. The van der Waals surface area contributed by atoms with E-state index in [0.717, 1.165) is 18.8 Å². The van der Waals surface area contributed by atoms with Gasteiger partial charge in [0.15, 0.2) is 0 Å². The Morgan fingerprint density at radius 3 is 2.32 bits per heavy atom. The molecule has 0 aliphatic carbocycles. The van der Waals surface area contributed by atoms with E-state index in [9.17, 15) is 0 Å². The summed E-state index contributed by atoms with van der Waals surface area (Å²) in [5.74, 6) is 2.07. The molecule has 2 unspecified atom stereocenters. The second kappa shape index (κ2) is 8.18. The Labute approximate surface area is 117 Å². The lowest BCUT2D eigenvalue weighted by Crippen LogP contribution is -2.39. The number of aryl methyl sites for hydroxylation is 1. The number of ether oxygens (including phenoxy) is 1. The van der Waals surface area contributed by atoms with Gasteiger partial charge in [0.25, 0.3) is 0 Å². The van der Waals surface area contributed by atoms with E-state index in [1.807, 2.05) is 12.1 Å². The third-order valence-corrected chi connectivity index (χ3v) is 3.50. The summed E-state index contributed by atoms with van der Waals surface area (Å²) in [5, 5.41) is 3.49. The average Bonchev–Trinajstić information content (AvgIpc) is 2.38. The summed E-state index contributed by atoms with van der Waals surface area (Å²) in [6.07, 6.45) is 0. The number of benzene rings is 1. The van der Waals surface area contributed by atoms with Gasteiger partial charge in [0.05, 0.1) is 0 Å². The van der Waals surface area contributed by atoms with Crippen molar-refractivity contribution in [1.82, 2.24) is 5.32 Å². The Morgan fingerprint density at radius 1 is 1.16 bits per heavy atom. The molecular formula is C16H28N2O. The summed E-state index contributed by atoms with van der Waals surface area (Å²) < 4.78 is 5.76.